The van der Waals surface area contributed by atoms with Gasteiger partial charge in [0, 0.05) is 6.10 Å². The first-order valence-electron chi connectivity index (χ1n) is 15.9. The minimum atomic E-state index is -1.67. The van der Waals surface area contributed by atoms with Crippen LogP contribution in [0.5, 0.6) is 0 Å². The lowest BCUT2D eigenvalue weighted by Gasteiger charge is -2.61. The van der Waals surface area contributed by atoms with Crippen molar-refractivity contribution >= 4 is 8.32 Å². The molecule has 4 fully saturated rings. The highest BCUT2D eigenvalue weighted by Crippen LogP contribution is 2.68. The molecule has 9 atom stereocenters. The highest BCUT2D eigenvalue weighted by Gasteiger charge is 2.60. The summed E-state index contributed by atoms with van der Waals surface area (Å²) < 4.78 is 6.98. The van der Waals surface area contributed by atoms with E-state index < -0.39 is 8.32 Å². The van der Waals surface area contributed by atoms with Gasteiger partial charge in [0.25, 0.3) is 0 Å². The number of rotatable bonds is 7. The molecule has 0 amide bonds. The van der Waals surface area contributed by atoms with E-state index in [1.807, 2.05) is 0 Å². The van der Waals surface area contributed by atoms with Crippen LogP contribution in [0.3, 0.4) is 0 Å². The highest BCUT2D eigenvalue weighted by atomic mass is 28.4. The molecule has 0 bridgehead atoms. The zero-order valence-corrected chi connectivity index (χ0v) is 26.5. The zero-order chi connectivity index (χ0) is 25.8. The Hall–Kier alpha value is 0.177. The molecule has 0 aromatic carbocycles. The minimum absolute atomic E-state index is 0.324. The highest BCUT2D eigenvalue weighted by molar-refractivity contribution is 6.74. The van der Waals surface area contributed by atoms with E-state index in [4.69, 9.17) is 4.43 Å². The van der Waals surface area contributed by atoms with E-state index in [-0.39, 0.29) is 0 Å². The van der Waals surface area contributed by atoms with Gasteiger partial charge in [-0.1, -0.05) is 74.7 Å². The third-order valence-corrected chi connectivity index (χ3v) is 17.6. The fourth-order valence-corrected chi connectivity index (χ4v) is 11.3. The standard InChI is InChI=1S/C33H62OSi/c1-23(2)12-11-13-24(3)28-16-17-29-27-15-14-25-22-26(34-35(9,10)31(4,5)6)18-20-32(25,7)30(27)19-21-33(28,29)8/h23-30H,11-22H2,1-10H3/t24?,25?,26-,27?,28?,29?,30?,32+,33-/m1/s1. The predicted octanol–water partition coefficient (Wildman–Crippen LogP) is 10.5. The topological polar surface area (TPSA) is 9.23 Å². The molecular formula is C33H62OSi. The van der Waals surface area contributed by atoms with Gasteiger partial charge in [-0.05, 0) is 128 Å². The molecule has 0 N–H and O–H groups in total. The van der Waals surface area contributed by atoms with Crippen molar-refractivity contribution in [1.29, 1.82) is 0 Å². The van der Waals surface area contributed by atoms with Crippen molar-refractivity contribution in [3.8, 4) is 0 Å². The smallest absolute Gasteiger partial charge is 0.192 e. The van der Waals surface area contributed by atoms with Gasteiger partial charge in [0.2, 0.25) is 0 Å². The third kappa shape index (κ3) is 5.24. The van der Waals surface area contributed by atoms with Gasteiger partial charge in [0.15, 0.2) is 8.32 Å². The SMILES string of the molecule is CC(C)CCCC(C)C1CCC2C3CCC4C[C@H](O[Si](C)(C)C(C)(C)C)CC[C@]4(C)C3CC[C@]12C. The van der Waals surface area contributed by atoms with E-state index in [2.05, 4.69) is 68.5 Å². The normalized spacial score (nSPS) is 42.9. The molecule has 0 heterocycles. The van der Waals surface area contributed by atoms with Gasteiger partial charge in [-0.2, -0.15) is 0 Å². The second kappa shape index (κ2) is 10.1. The van der Waals surface area contributed by atoms with Crippen LogP contribution in [0.25, 0.3) is 0 Å². The molecular weight excluding hydrogens is 440 g/mol. The van der Waals surface area contributed by atoms with E-state index in [9.17, 15) is 0 Å². The Morgan fingerprint density at radius 2 is 1.49 bits per heavy atom. The first-order valence-corrected chi connectivity index (χ1v) is 18.8. The number of hydrogen-bond donors (Lipinski definition) is 0. The summed E-state index contributed by atoms with van der Waals surface area (Å²) in [6, 6.07) is 0. The van der Waals surface area contributed by atoms with E-state index in [1.54, 1.807) is 0 Å². The fraction of sp³-hybridized carbons (Fsp3) is 1.00. The van der Waals surface area contributed by atoms with Crippen molar-refractivity contribution in [3.05, 3.63) is 0 Å². The molecule has 4 aliphatic carbocycles. The molecule has 0 saturated heterocycles. The summed E-state index contributed by atoms with van der Waals surface area (Å²) in [6.45, 7) is 25.0. The fourth-order valence-electron chi connectivity index (χ4n) is 9.94. The molecule has 0 aromatic heterocycles. The van der Waals surface area contributed by atoms with Crippen molar-refractivity contribution in [2.45, 2.75) is 157 Å². The quantitative estimate of drug-likeness (QED) is 0.314. The molecule has 0 aromatic rings. The lowest BCUT2D eigenvalue weighted by atomic mass is 9.44. The molecule has 4 rings (SSSR count). The van der Waals surface area contributed by atoms with Gasteiger partial charge in [-0.15, -0.1) is 0 Å². The van der Waals surface area contributed by atoms with Crippen molar-refractivity contribution < 1.29 is 4.43 Å². The molecule has 0 spiro atoms. The van der Waals surface area contributed by atoms with Gasteiger partial charge in [0.05, 0.1) is 0 Å². The Balaban J connectivity index is 1.41. The number of fused-ring (bicyclic) bond motifs is 5. The Labute approximate surface area is 221 Å². The molecule has 4 saturated carbocycles. The van der Waals surface area contributed by atoms with Gasteiger partial charge in [0.1, 0.15) is 0 Å². The van der Waals surface area contributed by atoms with Crippen LogP contribution in [0.4, 0.5) is 0 Å². The maximum atomic E-state index is 6.98. The molecule has 4 aliphatic rings. The average molecular weight is 503 g/mol. The second-order valence-corrected chi connectivity index (χ2v) is 21.2. The van der Waals surface area contributed by atoms with Crippen LogP contribution in [0.1, 0.15) is 132 Å². The van der Waals surface area contributed by atoms with Crippen LogP contribution in [-0.2, 0) is 4.43 Å². The summed E-state index contributed by atoms with van der Waals surface area (Å²) in [6.07, 6.45) is 18.1. The Morgan fingerprint density at radius 1 is 0.829 bits per heavy atom. The van der Waals surface area contributed by atoms with Gasteiger partial charge >= 0.3 is 0 Å². The maximum absolute atomic E-state index is 6.98. The lowest BCUT2D eigenvalue weighted by Crippen LogP contribution is -2.55. The minimum Gasteiger partial charge on any atom is -0.414 e. The first kappa shape index (κ1) is 28.2. The Morgan fingerprint density at radius 3 is 2.14 bits per heavy atom. The number of hydrogen-bond acceptors (Lipinski definition) is 1. The molecule has 6 unspecified atom stereocenters. The third-order valence-electron chi connectivity index (χ3n) is 13.1. The molecule has 204 valence electrons. The van der Waals surface area contributed by atoms with Crippen molar-refractivity contribution in [2.75, 3.05) is 0 Å². The maximum Gasteiger partial charge on any atom is 0.192 e. The van der Waals surface area contributed by atoms with Crippen LogP contribution in [0, 0.1) is 52.3 Å². The van der Waals surface area contributed by atoms with Gasteiger partial charge in [-0.3, -0.25) is 0 Å². The predicted molar refractivity (Wildman–Crippen MR) is 155 cm³/mol. The lowest BCUT2D eigenvalue weighted by molar-refractivity contribution is -0.127. The Bertz CT molecular complexity index is 721. The average Bonchev–Trinajstić information content (AvgIpc) is 3.10. The van der Waals surface area contributed by atoms with E-state index in [1.165, 1.54) is 77.0 Å². The van der Waals surface area contributed by atoms with E-state index in [0.29, 0.717) is 22.0 Å². The van der Waals surface area contributed by atoms with Crippen LogP contribution >= 0.6 is 0 Å². The summed E-state index contributed by atoms with van der Waals surface area (Å²) in [5, 5.41) is 0.324. The molecule has 2 heteroatoms. The largest absolute Gasteiger partial charge is 0.414 e. The van der Waals surface area contributed by atoms with E-state index >= 15 is 0 Å². The van der Waals surface area contributed by atoms with Crippen LogP contribution in [0.15, 0.2) is 0 Å². The molecule has 35 heavy (non-hydrogen) atoms. The van der Waals surface area contributed by atoms with E-state index in [0.717, 1.165) is 41.4 Å². The van der Waals surface area contributed by atoms with Crippen molar-refractivity contribution in [1.82, 2.24) is 0 Å². The summed E-state index contributed by atoms with van der Waals surface area (Å²) >= 11 is 0. The Kier molecular flexibility index (Phi) is 8.10. The summed E-state index contributed by atoms with van der Waals surface area (Å²) in [5.41, 5.74) is 1.21. The first-order chi connectivity index (χ1) is 16.2. The second-order valence-electron chi connectivity index (χ2n) is 16.5. The molecule has 1 nitrogen and oxygen atoms in total. The van der Waals surface area contributed by atoms with Crippen molar-refractivity contribution in [3.63, 3.8) is 0 Å². The van der Waals surface area contributed by atoms with Crippen LogP contribution in [0.2, 0.25) is 18.1 Å². The summed E-state index contributed by atoms with van der Waals surface area (Å²) in [7, 11) is -1.67. The molecule has 0 aliphatic heterocycles. The van der Waals surface area contributed by atoms with Crippen molar-refractivity contribution in [2.24, 2.45) is 52.3 Å². The van der Waals surface area contributed by atoms with Crippen LogP contribution in [-0.4, -0.2) is 14.4 Å². The monoisotopic (exact) mass is 502 g/mol. The summed E-state index contributed by atoms with van der Waals surface area (Å²) in [5.74, 6) is 6.70. The zero-order valence-electron chi connectivity index (χ0n) is 25.5. The molecule has 0 radical (unpaired) electrons. The van der Waals surface area contributed by atoms with Gasteiger partial charge < -0.3 is 4.43 Å². The van der Waals surface area contributed by atoms with Crippen LogP contribution < -0.4 is 0 Å². The van der Waals surface area contributed by atoms with Gasteiger partial charge in [-0.25, -0.2) is 0 Å². The summed E-state index contributed by atoms with van der Waals surface area (Å²) in [4.78, 5) is 0.